The molecule has 1 aliphatic carbocycles. The maximum absolute atomic E-state index is 12.3. The Morgan fingerprint density at radius 2 is 1.81 bits per heavy atom. The number of nitrogens with one attached hydrogen (secondary N) is 1. The molecule has 144 valence electrons. The quantitative estimate of drug-likeness (QED) is 0.625. The first-order valence-corrected chi connectivity index (χ1v) is 8.84. The van der Waals surface area contributed by atoms with Gasteiger partial charge in [-0.05, 0) is 31.6 Å². The fourth-order valence-electron chi connectivity index (χ4n) is 3.43. The molecule has 0 unspecified atom stereocenters. The molecule has 0 saturated heterocycles. The average molecular weight is 375 g/mol. The fraction of sp³-hybridized carbons (Fsp3) is 0.529. The molecule has 0 radical (unpaired) electrons. The van der Waals surface area contributed by atoms with Crippen molar-refractivity contribution in [3.8, 4) is 0 Å². The van der Waals surface area contributed by atoms with Crippen molar-refractivity contribution in [1.82, 2.24) is 25.2 Å². The van der Waals surface area contributed by atoms with Crippen LogP contribution in [-0.4, -0.2) is 55.2 Å². The first kappa shape index (κ1) is 18.7. The summed E-state index contributed by atoms with van der Waals surface area (Å²) in [5.41, 5.74) is 0.497. The van der Waals surface area contributed by atoms with E-state index in [-0.39, 0.29) is 42.6 Å². The zero-order valence-corrected chi connectivity index (χ0v) is 14.7. The number of amides is 3. The molecule has 0 aromatic carbocycles. The Kier molecular flexibility index (Phi) is 5.63. The van der Waals surface area contributed by atoms with Crippen molar-refractivity contribution < 1.29 is 24.3 Å². The molecule has 0 spiro atoms. The minimum Gasteiger partial charge on any atom is -0.480 e. The van der Waals surface area contributed by atoms with Crippen LogP contribution in [0, 0.1) is 11.8 Å². The molecular formula is C17H21N5O5. The van der Waals surface area contributed by atoms with Crippen LogP contribution in [0.1, 0.15) is 31.4 Å². The first-order valence-electron chi connectivity index (χ1n) is 8.84. The molecule has 2 aliphatic rings. The Labute approximate surface area is 155 Å². The molecule has 27 heavy (non-hydrogen) atoms. The van der Waals surface area contributed by atoms with E-state index in [2.05, 4.69) is 15.6 Å². The lowest BCUT2D eigenvalue weighted by Gasteiger charge is -2.29. The summed E-state index contributed by atoms with van der Waals surface area (Å²) >= 11 is 0. The highest BCUT2D eigenvalue weighted by molar-refractivity contribution is 6.12. The Morgan fingerprint density at radius 3 is 2.44 bits per heavy atom. The number of hydrogen-bond donors (Lipinski definition) is 2. The summed E-state index contributed by atoms with van der Waals surface area (Å²) in [5.74, 6) is -1.51. The minimum absolute atomic E-state index is 0.0729. The summed E-state index contributed by atoms with van der Waals surface area (Å²) in [7, 11) is 0. The van der Waals surface area contributed by atoms with Crippen LogP contribution in [0.2, 0.25) is 0 Å². The summed E-state index contributed by atoms with van der Waals surface area (Å²) in [6.07, 6.45) is 7.02. The summed E-state index contributed by atoms with van der Waals surface area (Å²) in [6.45, 7) is 0.328. The number of hydrogen-bond acceptors (Lipinski definition) is 6. The zero-order valence-electron chi connectivity index (χ0n) is 14.7. The van der Waals surface area contributed by atoms with E-state index in [0.29, 0.717) is 25.1 Å². The van der Waals surface area contributed by atoms with Crippen LogP contribution in [0.3, 0.4) is 0 Å². The fourth-order valence-corrected chi connectivity index (χ4v) is 3.43. The summed E-state index contributed by atoms with van der Waals surface area (Å²) in [5, 5.41) is 19.0. The van der Waals surface area contributed by atoms with Crippen molar-refractivity contribution in [1.29, 1.82) is 0 Å². The van der Waals surface area contributed by atoms with Gasteiger partial charge in [0.2, 0.25) is 5.91 Å². The number of rotatable bonds is 7. The highest BCUT2D eigenvalue weighted by Gasteiger charge is 2.31. The number of carboxylic acid groups (broad SMARTS) is 1. The molecule has 1 aromatic heterocycles. The van der Waals surface area contributed by atoms with E-state index in [9.17, 15) is 19.2 Å². The van der Waals surface area contributed by atoms with E-state index < -0.39 is 5.97 Å². The Bertz CT molecular complexity index is 760. The largest absolute Gasteiger partial charge is 0.480 e. The molecule has 10 nitrogen and oxygen atoms in total. The Hall–Kier alpha value is -3.04. The number of nitrogens with zero attached hydrogens (tertiary/aromatic N) is 4. The minimum atomic E-state index is -1.01. The first-order chi connectivity index (χ1) is 12.9. The summed E-state index contributed by atoms with van der Waals surface area (Å²) in [6, 6.07) is 0. The van der Waals surface area contributed by atoms with Gasteiger partial charge in [-0.2, -0.15) is 0 Å². The van der Waals surface area contributed by atoms with Crippen LogP contribution in [0.4, 0.5) is 0 Å². The molecule has 1 saturated carbocycles. The molecule has 1 aliphatic heterocycles. The molecule has 3 rings (SSSR count). The number of carbonyl (C=O) groups excluding carboxylic acids is 3. The predicted octanol–water partition coefficient (Wildman–Crippen LogP) is -0.290. The summed E-state index contributed by atoms with van der Waals surface area (Å²) in [4.78, 5) is 47.4. The molecule has 0 bridgehead atoms. The van der Waals surface area contributed by atoms with E-state index in [1.165, 1.54) is 27.9 Å². The van der Waals surface area contributed by atoms with Gasteiger partial charge in [0, 0.05) is 24.6 Å². The second-order valence-electron chi connectivity index (χ2n) is 6.86. The van der Waals surface area contributed by atoms with Crippen molar-refractivity contribution >= 4 is 23.7 Å². The third-order valence-corrected chi connectivity index (χ3v) is 4.89. The van der Waals surface area contributed by atoms with E-state index in [0.717, 1.165) is 12.8 Å². The molecule has 0 atom stereocenters. The van der Waals surface area contributed by atoms with Crippen LogP contribution in [0.25, 0.3) is 0 Å². The maximum Gasteiger partial charge on any atom is 0.325 e. The van der Waals surface area contributed by atoms with Gasteiger partial charge >= 0.3 is 5.97 Å². The lowest BCUT2D eigenvalue weighted by atomic mass is 9.81. The normalized spacial score (nSPS) is 22.3. The lowest BCUT2D eigenvalue weighted by Crippen LogP contribution is -2.38. The van der Waals surface area contributed by atoms with Crippen molar-refractivity contribution in [3.05, 3.63) is 24.0 Å². The van der Waals surface area contributed by atoms with E-state index in [1.807, 2.05) is 0 Å². The number of aliphatic carboxylic acids is 1. The van der Waals surface area contributed by atoms with Crippen molar-refractivity contribution in [3.63, 3.8) is 0 Å². The van der Waals surface area contributed by atoms with Gasteiger partial charge in [-0.1, -0.05) is 5.21 Å². The topological polar surface area (TPSA) is 134 Å². The van der Waals surface area contributed by atoms with Gasteiger partial charge in [-0.3, -0.25) is 24.1 Å². The smallest absolute Gasteiger partial charge is 0.325 e. The van der Waals surface area contributed by atoms with Crippen LogP contribution >= 0.6 is 0 Å². The Morgan fingerprint density at radius 1 is 1.15 bits per heavy atom. The number of aromatic nitrogens is 3. The molecule has 2 N–H and O–H groups in total. The second kappa shape index (κ2) is 8.11. The predicted molar refractivity (Wildman–Crippen MR) is 90.8 cm³/mol. The standard InChI is InChI=1S/C17H21N5O5/c23-14-5-6-15(24)22(14)8-11-1-3-12(4-2-11)17(27)18-7-13-9-21(20-19-13)10-16(25)26/h5-6,9,11-12H,1-4,7-8,10H2,(H,18,27)(H,25,26). The van der Waals surface area contributed by atoms with Crippen molar-refractivity contribution in [2.45, 2.75) is 38.8 Å². The highest BCUT2D eigenvalue weighted by atomic mass is 16.4. The van der Waals surface area contributed by atoms with Gasteiger partial charge in [-0.25, -0.2) is 4.68 Å². The third-order valence-electron chi connectivity index (χ3n) is 4.89. The molecule has 10 heteroatoms. The lowest BCUT2D eigenvalue weighted by molar-refractivity contribution is -0.139. The van der Waals surface area contributed by atoms with Crippen molar-refractivity contribution in [2.24, 2.45) is 11.8 Å². The molecule has 1 aromatic rings. The molecule has 2 heterocycles. The van der Waals surface area contributed by atoms with Crippen LogP contribution in [0.5, 0.6) is 0 Å². The zero-order chi connectivity index (χ0) is 19.4. The third kappa shape index (κ3) is 4.78. The number of carbonyl (C=O) groups is 4. The molecule has 1 fully saturated rings. The SMILES string of the molecule is O=C(O)Cn1cc(CNC(=O)C2CCC(CN3C(=O)C=CC3=O)CC2)nn1. The van der Waals surface area contributed by atoms with Gasteiger partial charge in [0.1, 0.15) is 12.2 Å². The molecular weight excluding hydrogens is 354 g/mol. The van der Waals surface area contributed by atoms with E-state index in [1.54, 1.807) is 0 Å². The van der Waals surface area contributed by atoms with Gasteiger partial charge in [0.15, 0.2) is 0 Å². The number of carboxylic acids is 1. The highest BCUT2D eigenvalue weighted by Crippen LogP contribution is 2.30. The number of imide groups is 1. The van der Waals surface area contributed by atoms with Crippen LogP contribution in [0.15, 0.2) is 18.3 Å². The maximum atomic E-state index is 12.3. The van der Waals surface area contributed by atoms with Gasteiger partial charge in [0.05, 0.1) is 12.7 Å². The van der Waals surface area contributed by atoms with Gasteiger partial charge in [0.25, 0.3) is 11.8 Å². The van der Waals surface area contributed by atoms with E-state index in [4.69, 9.17) is 5.11 Å². The Balaban J connectivity index is 1.41. The average Bonchev–Trinajstić information content (AvgIpc) is 3.21. The monoisotopic (exact) mass is 375 g/mol. The van der Waals surface area contributed by atoms with E-state index >= 15 is 0 Å². The second-order valence-corrected chi connectivity index (χ2v) is 6.86. The van der Waals surface area contributed by atoms with Gasteiger partial charge in [-0.15, -0.1) is 5.10 Å². The van der Waals surface area contributed by atoms with Crippen LogP contribution < -0.4 is 5.32 Å². The van der Waals surface area contributed by atoms with Crippen molar-refractivity contribution in [2.75, 3.05) is 6.54 Å². The summed E-state index contributed by atoms with van der Waals surface area (Å²) < 4.78 is 1.20. The molecule has 3 amide bonds. The van der Waals surface area contributed by atoms with Gasteiger partial charge < -0.3 is 10.4 Å². The van der Waals surface area contributed by atoms with Crippen LogP contribution in [-0.2, 0) is 32.3 Å².